The Morgan fingerprint density at radius 2 is 1.82 bits per heavy atom. The van der Waals surface area contributed by atoms with Crippen LogP contribution in [-0.2, 0) is 29.0 Å². The SMILES string of the molecule is CCc1ccc(CN2C(=O)c3cc(-c4ccccc4)nn3C[C@@]2(C)C(=O)NCCCOC)cc1. The molecular formula is C27H32N4O3. The van der Waals surface area contributed by atoms with Crippen molar-refractivity contribution in [2.24, 2.45) is 0 Å². The number of aromatic nitrogens is 2. The van der Waals surface area contributed by atoms with E-state index in [0.717, 1.165) is 23.2 Å². The van der Waals surface area contributed by atoms with Crippen molar-refractivity contribution in [2.45, 2.75) is 45.3 Å². The highest BCUT2D eigenvalue weighted by Crippen LogP contribution is 2.31. The summed E-state index contributed by atoms with van der Waals surface area (Å²) in [5.74, 6) is -0.389. The van der Waals surface area contributed by atoms with E-state index >= 15 is 0 Å². The number of rotatable bonds is 9. The quantitative estimate of drug-likeness (QED) is 0.494. The lowest BCUT2D eigenvalue weighted by Gasteiger charge is -2.43. The summed E-state index contributed by atoms with van der Waals surface area (Å²) >= 11 is 0. The van der Waals surface area contributed by atoms with Gasteiger partial charge in [0.15, 0.2) is 0 Å². The van der Waals surface area contributed by atoms with Crippen LogP contribution in [0.5, 0.6) is 0 Å². The number of carbonyl (C=O) groups is 2. The van der Waals surface area contributed by atoms with Gasteiger partial charge in [0.05, 0.1) is 12.2 Å². The molecule has 2 heterocycles. The molecule has 0 saturated carbocycles. The predicted molar refractivity (Wildman–Crippen MR) is 131 cm³/mol. The Morgan fingerprint density at radius 3 is 2.50 bits per heavy atom. The molecule has 7 nitrogen and oxygen atoms in total. The average Bonchev–Trinajstić information content (AvgIpc) is 3.29. The number of benzene rings is 2. The summed E-state index contributed by atoms with van der Waals surface area (Å²) in [4.78, 5) is 28.9. The van der Waals surface area contributed by atoms with Gasteiger partial charge in [0, 0.05) is 32.4 Å². The molecule has 1 aliphatic heterocycles. The number of nitrogens with one attached hydrogen (secondary N) is 1. The van der Waals surface area contributed by atoms with E-state index in [2.05, 4.69) is 24.4 Å². The predicted octanol–water partition coefficient (Wildman–Crippen LogP) is 3.68. The first-order chi connectivity index (χ1) is 16.5. The van der Waals surface area contributed by atoms with E-state index in [4.69, 9.17) is 9.84 Å². The molecule has 0 aliphatic carbocycles. The molecule has 1 atom stereocenters. The molecule has 0 spiro atoms. The van der Waals surface area contributed by atoms with Crippen LogP contribution in [0.15, 0.2) is 60.7 Å². The van der Waals surface area contributed by atoms with Gasteiger partial charge < -0.3 is 15.0 Å². The first-order valence-corrected chi connectivity index (χ1v) is 11.8. The van der Waals surface area contributed by atoms with Crippen molar-refractivity contribution < 1.29 is 14.3 Å². The van der Waals surface area contributed by atoms with Gasteiger partial charge in [-0.25, -0.2) is 0 Å². The number of carbonyl (C=O) groups excluding carboxylic acids is 2. The first kappa shape index (κ1) is 23.7. The molecule has 3 aromatic rings. The Hall–Kier alpha value is -3.45. The lowest BCUT2D eigenvalue weighted by molar-refractivity contribution is -0.133. The van der Waals surface area contributed by atoms with E-state index in [1.54, 1.807) is 16.7 Å². The number of ether oxygens (including phenoxy) is 1. The molecule has 1 N–H and O–H groups in total. The summed E-state index contributed by atoms with van der Waals surface area (Å²) in [5.41, 5.74) is 3.29. The van der Waals surface area contributed by atoms with Crippen molar-refractivity contribution in [1.82, 2.24) is 20.0 Å². The van der Waals surface area contributed by atoms with Crippen LogP contribution in [0.25, 0.3) is 11.3 Å². The van der Waals surface area contributed by atoms with Crippen molar-refractivity contribution in [3.05, 3.63) is 77.5 Å². The molecule has 34 heavy (non-hydrogen) atoms. The second-order valence-electron chi connectivity index (χ2n) is 8.88. The van der Waals surface area contributed by atoms with Crippen LogP contribution in [0.1, 0.15) is 41.9 Å². The number of nitrogens with zero attached hydrogens (tertiary/aromatic N) is 3. The number of aryl methyl sites for hydroxylation is 1. The van der Waals surface area contributed by atoms with E-state index in [0.29, 0.717) is 31.8 Å². The highest BCUT2D eigenvalue weighted by Gasteiger charge is 2.47. The van der Waals surface area contributed by atoms with Crippen LogP contribution in [0.4, 0.5) is 0 Å². The summed E-state index contributed by atoms with van der Waals surface area (Å²) in [7, 11) is 1.64. The van der Waals surface area contributed by atoms with Crippen LogP contribution in [0.2, 0.25) is 0 Å². The van der Waals surface area contributed by atoms with E-state index in [9.17, 15) is 9.59 Å². The molecule has 1 aliphatic rings. The number of hydrogen-bond donors (Lipinski definition) is 1. The molecule has 7 heteroatoms. The standard InChI is InChI=1S/C27H32N4O3/c1-4-20-11-13-21(14-12-20)18-30-25(32)24-17-23(22-9-6-5-7-10-22)29-31(24)19-27(30,2)26(33)28-15-8-16-34-3/h5-7,9-14,17H,4,8,15-16,18-19H2,1-3H3,(H,28,33)/t27-/m0/s1. The van der Waals surface area contributed by atoms with Gasteiger partial charge in [-0.1, -0.05) is 61.5 Å². The summed E-state index contributed by atoms with van der Waals surface area (Å²) in [5, 5.41) is 7.69. The average molecular weight is 461 g/mol. The zero-order valence-electron chi connectivity index (χ0n) is 20.1. The van der Waals surface area contributed by atoms with Gasteiger partial charge in [-0.15, -0.1) is 0 Å². The smallest absolute Gasteiger partial charge is 0.273 e. The van der Waals surface area contributed by atoms with Crippen LogP contribution in [0.3, 0.4) is 0 Å². The summed E-state index contributed by atoms with van der Waals surface area (Å²) < 4.78 is 6.77. The number of fused-ring (bicyclic) bond motifs is 1. The van der Waals surface area contributed by atoms with Crippen molar-refractivity contribution >= 4 is 11.8 Å². The number of methoxy groups -OCH3 is 1. The molecule has 1 aromatic heterocycles. The van der Waals surface area contributed by atoms with Crippen molar-refractivity contribution in [1.29, 1.82) is 0 Å². The summed E-state index contributed by atoms with van der Waals surface area (Å²) in [6, 6.07) is 19.8. The van der Waals surface area contributed by atoms with E-state index < -0.39 is 5.54 Å². The molecular weight excluding hydrogens is 428 g/mol. The Labute approximate surface area is 200 Å². The molecule has 2 amide bonds. The highest BCUT2D eigenvalue weighted by molar-refractivity contribution is 6.00. The molecule has 0 unspecified atom stereocenters. The van der Waals surface area contributed by atoms with Crippen LogP contribution >= 0.6 is 0 Å². The number of hydrogen-bond acceptors (Lipinski definition) is 4. The normalized spacial score (nSPS) is 17.5. The highest BCUT2D eigenvalue weighted by atomic mass is 16.5. The summed E-state index contributed by atoms with van der Waals surface area (Å²) in [6.07, 6.45) is 1.65. The zero-order chi connectivity index (χ0) is 24.1. The molecule has 0 bridgehead atoms. The van der Waals surface area contributed by atoms with E-state index in [-0.39, 0.29) is 18.4 Å². The molecule has 0 radical (unpaired) electrons. The van der Waals surface area contributed by atoms with Crippen LogP contribution < -0.4 is 5.32 Å². The minimum absolute atomic E-state index is 0.190. The molecule has 4 rings (SSSR count). The van der Waals surface area contributed by atoms with Gasteiger partial charge in [0.2, 0.25) is 5.91 Å². The fourth-order valence-corrected chi connectivity index (χ4v) is 4.31. The Balaban J connectivity index is 1.67. The van der Waals surface area contributed by atoms with E-state index in [1.807, 2.05) is 55.5 Å². The monoisotopic (exact) mass is 460 g/mol. The molecule has 0 fully saturated rings. The largest absolute Gasteiger partial charge is 0.385 e. The lowest BCUT2D eigenvalue weighted by atomic mass is 9.94. The van der Waals surface area contributed by atoms with Crippen molar-refractivity contribution in [2.75, 3.05) is 20.3 Å². The maximum Gasteiger partial charge on any atom is 0.273 e. The third-order valence-corrected chi connectivity index (χ3v) is 6.44. The maximum absolute atomic E-state index is 13.8. The minimum atomic E-state index is -1.08. The van der Waals surface area contributed by atoms with Crippen LogP contribution in [0, 0.1) is 0 Å². The Bertz CT molecular complexity index is 1140. The number of amides is 2. The zero-order valence-corrected chi connectivity index (χ0v) is 20.1. The molecule has 178 valence electrons. The van der Waals surface area contributed by atoms with Crippen LogP contribution in [-0.4, -0.2) is 52.3 Å². The lowest BCUT2D eigenvalue weighted by Crippen LogP contribution is -2.63. The van der Waals surface area contributed by atoms with Gasteiger partial charge in [-0.3, -0.25) is 14.3 Å². The van der Waals surface area contributed by atoms with Crippen molar-refractivity contribution in [3.8, 4) is 11.3 Å². The third kappa shape index (κ3) is 4.75. The minimum Gasteiger partial charge on any atom is -0.385 e. The summed E-state index contributed by atoms with van der Waals surface area (Å²) in [6.45, 7) is 5.61. The molecule has 2 aromatic carbocycles. The van der Waals surface area contributed by atoms with Gasteiger partial charge >= 0.3 is 0 Å². The Morgan fingerprint density at radius 1 is 1.12 bits per heavy atom. The second kappa shape index (κ2) is 10.2. The van der Waals surface area contributed by atoms with Gasteiger partial charge in [-0.2, -0.15) is 5.10 Å². The maximum atomic E-state index is 13.8. The van der Waals surface area contributed by atoms with Gasteiger partial charge in [0.25, 0.3) is 5.91 Å². The van der Waals surface area contributed by atoms with Gasteiger partial charge in [0.1, 0.15) is 11.2 Å². The first-order valence-electron chi connectivity index (χ1n) is 11.8. The Kier molecular flexibility index (Phi) is 7.12. The van der Waals surface area contributed by atoms with Crippen molar-refractivity contribution in [3.63, 3.8) is 0 Å². The topological polar surface area (TPSA) is 76.5 Å². The fourth-order valence-electron chi connectivity index (χ4n) is 4.31. The third-order valence-electron chi connectivity index (χ3n) is 6.44. The van der Waals surface area contributed by atoms with E-state index in [1.165, 1.54) is 5.56 Å². The fraction of sp³-hybridized carbons (Fsp3) is 0.370. The molecule has 0 saturated heterocycles. The second-order valence-corrected chi connectivity index (χ2v) is 8.88. The van der Waals surface area contributed by atoms with Gasteiger partial charge in [-0.05, 0) is 37.0 Å².